The zero-order valence-corrected chi connectivity index (χ0v) is 12.8. The second-order valence-corrected chi connectivity index (χ2v) is 5.26. The van der Waals surface area contributed by atoms with Gasteiger partial charge in [-0.15, -0.1) is 5.10 Å². The molecule has 1 aromatic carbocycles. The van der Waals surface area contributed by atoms with Crippen LogP contribution in [0.5, 0.6) is 5.75 Å². The maximum absolute atomic E-state index is 10.6. The Hall–Kier alpha value is -2.73. The van der Waals surface area contributed by atoms with Gasteiger partial charge in [0.25, 0.3) is 0 Å². The van der Waals surface area contributed by atoms with Crippen molar-refractivity contribution in [2.24, 2.45) is 0 Å². The topological polar surface area (TPSA) is 69.9 Å². The van der Waals surface area contributed by atoms with E-state index in [1.54, 1.807) is 41.2 Å². The standard InChI is InChI=1S/C16H13ClN4O2/c17-16-6-3-13(7-18-16)8-21-9-14(19-20-21)11-23-15-4-1-12(10-22)2-5-15/h1-7,9-10H,8,11H2. The average Bonchev–Trinajstić information content (AvgIpc) is 3.03. The molecule has 0 radical (unpaired) electrons. The number of aromatic nitrogens is 4. The van der Waals surface area contributed by atoms with E-state index in [2.05, 4.69) is 15.3 Å². The van der Waals surface area contributed by atoms with Crippen molar-refractivity contribution in [3.8, 4) is 5.75 Å². The number of hydrogen-bond donors (Lipinski definition) is 0. The number of rotatable bonds is 6. The van der Waals surface area contributed by atoms with Crippen LogP contribution in [-0.2, 0) is 13.2 Å². The molecule has 3 rings (SSSR count). The lowest BCUT2D eigenvalue weighted by Crippen LogP contribution is -2.00. The minimum Gasteiger partial charge on any atom is -0.487 e. The summed E-state index contributed by atoms with van der Waals surface area (Å²) in [6, 6.07) is 10.5. The maximum Gasteiger partial charge on any atom is 0.150 e. The van der Waals surface area contributed by atoms with Crippen molar-refractivity contribution in [2.75, 3.05) is 0 Å². The summed E-state index contributed by atoms with van der Waals surface area (Å²) in [7, 11) is 0. The third-order valence-electron chi connectivity index (χ3n) is 3.12. The summed E-state index contributed by atoms with van der Waals surface area (Å²) in [5, 5.41) is 8.58. The number of nitrogens with zero attached hydrogens (tertiary/aromatic N) is 4. The normalized spacial score (nSPS) is 10.5. The van der Waals surface area contributed by atoms with Crippen LogP contribution >= 0.6 is 11.6 Å². The highest BCUT2D eigenvalue weighted by molar-refractivity contribution is 6.29. The molecule has 0 unspecified atom stereocenters. The highest BCUT2D eigenvalue weighted by atomic mass is 35.5. The van der Waals surface area contributed by atoms with Gasteiger partial charge < -0.3 is 4.74 Å². The molecule has 23 heavy (non-hydrogen) atoms. The van der Waals surface area contributed by atoms with E-state index in [-0.39, 0.29) is 0 Å². The van der Waals surface area contributed by atoms with E-state index in [0.29, 0.717) is 35.3 Å². The van der Waals surface area contributed by atoms with E-state index in [1.165, 1.54) is 0 Å². The van der Waals surface area contributed by atoms with Crippen molar-refractivity contribution >= 4 is 17.9 Å². The summed E-state index contributed by atoms with van der Waals surface area (Å²) in [4.78, 5) is 14.6. The summed E-state index contributed by atoms with van der Waals surface area (Å²) in [5.41, 5.74) is 2.31. The Morgan fingerprint density at radius 2 is 2.00 bits per heavy atom. The summed E-state index contributed by atoms with van der Waals surface area (Å²) < 4.78 is 7.32. The van der Waals surface area contributed by atoms with Gasteiger partial charge in [-0.05, 0) is 35.9 Å². The molecule has 7 heteroatoms. The van der Waals surface area contributed by atoms with E-state index in [4.69, 9.17) is 16.3 Å². The lowest BCUT2D eigenvalue weighted by atomic mass is 10.2. The first-order chi connectivity index (χ1) is 11.2. The molecule has 0 saturated heterocycles. The molecule has 0 amide bonds. The van der Waals surface area contributed by atoms with E-state index >= 15 is 0 Å². The van der Waals surface area contributed by atoms with Gasteiger partial charge >= 0.3 is 0 Å². The minimum absolute atomic E-state index is 0.305. The zero-order chi connectivity index (χ0) is 16.1. The Bertz CT molecular complexity index is 785. The molecule has 0 fully saturated rings. The molecule has 0 bridgehead atoms. The van der Waals surface area contributed by atoms with Crippen LogP contribution in [-0.4, -0.2) is 26.3 Å². The Kier molecular flexibility index (Phi) is 4.63. The van der Waals surface area contributed by atoms with Crippen LogP contribution in [0.4, 0.5) is 0 Å². The number of halogens is 1. The van der Waals surface area contributed by atoms with Gasteiger partial charge in [0, 0.05) is 11.8 Å². The maximum atomic E-state index is 10.6. The number of carbonyl (C=O) groups is 1. The van der Waals surface area contributed by atoms with Crippen LogP contribution in [0.1, 0.15) is 21.6 Å². The second kappa shape index (κ2) is 7.02. The summed E-state index contributed by atoms with van der Waals surface area (Å²) in [6.45, 7) is 0.866. The minimum atomic E-state index is 0.305. The van der Waals surface area contributed by atoms with E-state index < -0.39 is 0 Å². The quantitative estimate of drug-likeness (QED) is 0.514. The second-order valence-electron chi connectivity index (χ2n) is 4.87. The van der Waals surface area contributed by atoms with E-state index in [9.17, 15) is 4.79 Å². The molecule has 0 atom stereocenters. The Morgan fingerprint density at radius 3 is 2.70 bits per heavy atom. The molecule has 116 valence electrons. The highest BCUT2D eigenvalue weighted by Crippen LogP contribution is 2.13. The van der Waals surface area contributed by atoms with Crippen LogP contribution in [0, 0.1) is 0 Å². The van der Waals surface area contributed by atoms with Crippen molar-refractivity contribution in [3.63, 3.8) is 0 Å². The van der Waals surface area contributed by atoms with Crippen molar-refractivity contribution in [2.45, 2.75) is 13.2 Å². The number of benzene rings is 1. The largest absolute Gasteiger partial charge is 0.487 e. The van der Waals surface area contributed by atoms with Crippen molar-refractivity contribution in [3.05, 3.63) is 70.8 Å². The van der Waals surface area contributed by atoms with Crippen LogP contribution in [0.2, 0.25) is 5.15 Å². The fourth-order valence-corrected chi connectivity index (χ4v) is 2.08. The van der Waals surface area contributed by atoms with Crippen molar-refractivity contribution < 1.29 is 9.53 Å². The van der Waals surface area contributed by atoms with Crippen LogP contribution in [0.25, 0.3) is 0 Å². The number of hydrogen-bond acceptors (Lipinski definition) is 5. The molecule has 0 aliphatic heterocycles. The van der Waals surface area contributed by atoms with Gasteiger partial charge in [0.05, 0.1) is 12.7 Å². The molecule has 3 aromatic rings. The average molecular weight is 329 g/mol. The van der Waals surface area contributed by atoms with Crippen LogP contribution in [0.3, 0.4) is 0 Å². The summed E-state index contributed by atoms with van der Waals surface area (Å²) >= 11 is 5.76. The summed E-state index contributed by atoms with van der Waals surface area (Å²) in [6.07, 6.45) is 4.31. The van der Waals surface area contributed by atoms with Gasteiger partial charge in [-0.25, -0.2) is 9.67 Å². The van der Waals surface area contributed by atoms with Gasteiger partial charge in [-0.3, -0.25) is 4.79 Å². The molecular formula is C16H13ClN4O2. The van der Waals surface area contributed by atoms with Gasteiger partial charge in [-0.1, -0.05) is 22.9 Å². The third kappa shape index (κ3) is 4.14. The van der Waals surface area contributed by atoms with Gasteiger partial charge in [0.2, 0.25) is 0 Å². The van der Waals surface area contributed by atoms with E-state index in [0.717, 1.165) is 11.8 Å². The number of carbonyl (C=O) groups excluding carboxylic acids is 1. The van der Waals surface area contributed by atoms with E-state index in [1.807, 2.05) is 12.3 Å². The Balaban J connectivity index is 1.58. The molecule has 0 aliphatic rings. The predicted octanol–water partition coefficient (Wildman–Crippen LogP) is 2.77. The van der Waals surface area contributed by atoms with Crippen molar-refractivity contribution in [1.82, 2.24) is 20.0 Å². The highest BCUT2D eigenvalue weighted by Gasteiger charge is 2.04. The third-order valence-corrected chi connectivity index (χ3v) is 3.35. The first-order valence-electron chi connectivity index (χ1n) is 6.90. The smallest absolute Gasteiger partial charge is 0.150 e. The van der Waals surface area contributed by atoms with Gasteiger partial charge in [0.15, 0.2) is 0 Å². The fraction of sp³-hybridized carbons (Fsp3) is 0.125. The lowest BCUT2D eigenvalue weighted by Gasteiger charge is -2.03. The number of ether oxygens (including phenoxy) is 1. The summed E-state index contributed by atoms with van der Waals surface area (Å²) in [5.74, 6) is 0.673. The molecule has 2 heterocycles. The molecule has 0 spiro atoms. The molecule has 0 saturated carbocycles. The predicted molar refractivity (Wildman–Crippen MR) is 84.5 cm³/mol. The molecule has 0 N–H and O–H groups in total. The zero-order valence-electron chi connectivity index (χ0n) is 12.1. The first-order valence-corrected chi connectivity index (χ1v) is 7.28. The number of aldehydes is 1. The molecule has 6 nitrogen and oxygen atoms in total. The fourth-order valence-electron chi connectivity index (χ4n) is 1.97. The number of pyridine rings is 1. The monoisotopic (exact) mass is 328 g/mol. The SMILES string of the molecule is O=Cc1ccc(OCc2cn(Cc3ccc(Cl)nc3)nn2)cc1. The molecule has 0 aliphatic carbocycles. The Labute approximate surface area is 137 Å². The van der Waals surface area contributed by atoms with Gasteiger partial charge in [-0.2, -0.15) is 0 Å². The first kappa shape index (κ1) is 15.2. The van der Waals surface area contributed by atoms with Crippen LogP contribution < -0.4 is 4.74 Å². The van der Waals surface area contributed by atoms with Crippen LogP contribution in [0.15, 0.2) is 48.8 Å². The van der Waals surface area contributed by atoms with Crippen molar-refractivity contribution in [1.29, 1.82) is 0 Å². The lowest BCUT2D eigenvalue weighted by molar-refractivity contribution is 0.112. The molecule has 2 aromatic heterocycles. The molecular weight excluding hydrogens is 316 g/mol. The van der Waals surface area contributed by atoms with Gasteiger partial charge in [0.1, 0.15) is 29.5 Å². The Morgan fingerprint density at radius 1 is 1.17 bits per heavy atom.